The molecule has 0 atom stereocenters. The number of likely N-dealkylation sites (tertiary alicyclic amines) is 1. The Kier molecular flexibility index (Phi) is 7.54. The Balaban J connectivity index is 1.40. The average molecular weight is 385 g/mol. The molecule has 1 aromatic heterocycles. The van der Waals surface area contributed by atoms with Gasteiger partial charge in [-0.3, -0.25) is 0 Å². The molecule has 0 unspecified atom stereocenters. The Morgan fingerprint density at radius 2 is 2.07 bits per heavy atom. The molecule has 0 aliphatic carbocycles. The van der Waals surface area contributed by atoms with E-state index in [1.807, 2.05) is 36.4 Å². The zero-order valence-corrected chi connectivity index (χ0v) is 16.7. The zero-order valence-electron chi connectivity index (χ0n) is 15.9. The van der Waals surface area contributed by atoms with Gasteiger partial charge in [0.15, 0.2) is 0 Å². The molecule has 144 valence electrons. The van der Waals surface area contributed by atoms with E-state index in [2.05, 4.69) is 33.5 Å². The number of pyridine rings is 1. The second-order valence-electron chi connectivity index (χ2n) is 7.06. The van der Waals surface area contributed by atoms with Crippen molar-refractivity contribution in [1.82, 2.24) is 15.2 Å². The first-order valence-electron chi connectivity index (χ1n) is 9.59. The molecule has 27 heavy (non-hydrogen) atoms. The van der Waals surface area contributed by atoms with Crippen LogP contribution in [0.4, 0.5) is 10.5 Å². The van der Waals surface area contributed by atoms with Gasteiger partial charge in [0.2, 0.25) is 0 Å². The van der Waals surface area contributed by atoms with Crippen molar-refractivity contribution >= 4 is 23.5 Å². The highest BCUT2D eigenvalue weighted by Gasteiger charge is 2.15. The number of thioether (sulfide) groups is 1. The van der Waals surface area contributed by atoms with Crippen LogP contribution in [0.25, 0.3) is 0 Å². The van der Waals surface area contributed by atoms with Crippen molar-refractivity contribution in [3.05, 3.63) is 54.2 Å². The van der Waals surface area contributed by atoms with Crippen LogP contribution in [0.15, 0.2) is 53.7 Å². The lowest BCUT2D eigenvalue weighted by Crippen LogP contribution is -2.40. The summed E-state index contributed by atoms with van der Waals surface area (Å²) in [7, 11) is 0. The van der Waals surface area contributed by atoms with Gasteiger partial charge >= 0.3 is 6.03 Å². The summed E-state index contributed by atoms with van der Waals surface area (Å²) in [5, 5.41) is 6.89. The zero-order chi connectivity index (χ0) is 18.9. The molecule has 0 radical (unpaired) electrons. The van der Waals surface area contributed by atoms with Gasteiger partial charge in [0.1, 0.15) is 0 Å². The number of anilines is 1. The fourth-order valence-electron chi connectivity index (χ4n) is 3.12. The first kappa shape index (κ1) is 19.7. The fourth-order valence-corrected chi connectivity index (χ4v) is 3.92. The van der Waals surface area contributed by atoms with Crippen LogP contribution in [0.2, 0.25) is 0 Å². The van der Waals surface area contributed by atoms with Crippen molar-refractivity contribution in [2.45, 2.75) is 30.5 Å². The first-order valence-corrected chi connectivity index (χ1v) is 10.6. The second-order valence-corrected chi connectivity index (χ2v) is 8.06. The molecule has 0 saturated carbocycles. The maximum atomic E-state index is 12.1. The number of nitrogens with zero attached hydrogens (tertiary/aromatic N) is 2. The number of hydrogen-bond donors (Lipinski definition) is 2. The predicted molar refractivity (Wildman–Crippen MR) is 112 cm³/mol. The molecule has 1 aliphatic rings. The first-order chi connectivity index (χ1) is 13.2. The number of nitrogens with one attached hydrogen (secondary N) is 2. The standard InChI is InChI=1S/C21H28N4OS/c1-17-8-12-25(13-9-17)14-11-23-21(26)24-19-6-4-5-18(15-19)16-27-20-7-2-3-10-22-20/h2-7,10,15,17H,8-9,11-14,16H2,1H3,(H2,23,24,26). The molecular formula is C21H28N4OS. The molecule has 1 fully saturated rings. The van der Waals surface area contributed by atoms with Crippen LogP contribution in [-0.2, 0) is 5.75 Å². The van der Waals surface area contributed by atoms with Crippen molar-refractivity contribution in [3.8, 4) is 0 Å². The lowest BCUT2D eigenvalue weighted by molar-refractivity contribution is 0.192. The number of amides is 2. The molecule has 1 aromatic carbocycles. The molecule has 2 heterocycles. The Morgan fingerprint density at radius 1 is 1.22 bits per heavy atom. The molecular weight excluding hydrogens is 356 g/mol. The van der Waals surface area contributed by atoms with Crippen molar-refractivity contribution < 1.29 is 4.79 Å². The Hall–Kier alpha value is -2.05. The Labute approximate surface area is 165 Å². The minimum atomic E-state index is -0.144. The van der Waals surface area contributed by atoms with Crippen LogP contribution in [0.5, 0.6) is 0 Å². The molecule has 0 spiro atoms. The number of aromatic nitrogens is 1. The maximum absolute atomic E-state index is 12.1. The van der Waals surface area contributed by atoms with Crippen LogP contribution in [0.3, 0.4) is 0 Å². The van der Waals surface area contributed by atoms with Gasteiger partial charge in [-0.2, -0.15) is 0 Å². The summed E-state index contributed by atoms with van der Waals surface area (Å²) in [6.45, 7) is 6.18. The molecule has 1 aliphatic heterocycles. The highest BCUT2D eigenvalue weighted by atomic mass is 32.2. The maximum Gasteiger partial charge on any atom is 0.319 e. The van der Waals surface area contributed by atoms with Gasteiger partial charge in [-0.25, -0.2) is 9.78 Å². The van der Waals surface area contributed by atoms with Gasteiger partial charge < -0.3 is 15.5 Å². The minimum Gasteiger partial charge on any atom is -0.337 e. The van der Waals surface area contributed by atoms with Crippen molar-refractivity contribution in [2.24, 2.45) is 5.92 Å². The van der Waals surface area contributed by atoms with E-state index in [0.717, 1.165) is 47.6 Å². The molecule has 5 nitrogen and oxygen atoms in total. The van der Waals surface area contributed by atoms with E-state index in [-0.39, 0.29) is 6.03 Å². The van der Waals surface area contributed by atoms with Crippen LogP contribution in [0, 0.1) is 5.92 Å². The monoisotopic (exact) mass is 384 g/mol. The number of hydrogen-bond acceptors (Lipinski definition) is 4. The van der Waals surface area contributed by atoms with Crippen LogP contribution in [0.1, 0.15) is 25.3 Å². The number of carbonyl (C=O) groups is 1. The largest absolute Gasteiger partial charge is 0.337 e. The number of carbonyl (C=O) groups excluding carboxylic acids is 1. The average Bonchev–Trinajstić information content (AvgIpc) is 2.69. The summed E-state index contributed by atoms with van der Waals surface area (Å²) < 4.78 is 0. The number of benzene rings is 1. The van der Waals surface area contributed by atoms with Crippen molar-refractivity contribution in [3.63, 3.8) is 0 Å². The van der Waals surface area contributed by atoms with Crippen LogP contribution < -0.4 is 10.6 Å². The highest BCUT2D eigenvalue weighted by Crippen LogP contribution is 2.22. The topological polar surface area (TPSA) is 57.3 Å². The van der Waals surface area contributed by atoms with Gasteiger partial charge in [-0.1, -0.05) is 25.1 Å². The van der Waals surface area contributed by atoms with E-state index < -0.39 is 0 Å². The highest BCUT2D eigenvalue weighted by molar-refractivity contribution is 7.98. The summed E-state index contributed by atoms with van der Waals surface area (Å²) >= 11 is 1.69. The number of urea groups is 1. The molecule has 2 amide bonds. The van der Waals surface area contributed by atoms with Gasteiger partial charge in [0, 0.05) is 30.7 Å². The van der Waals surface area contributed by atoms with E-state index in [4.69, 9.17) is 0 Å². The Bertz CT molecular complexity index is 717. The molecule has 2 aromatic rings. The van der Waals surface area contributed by atoms with E-state index >= 15 is 0 Å². The minimum absolute atomic E-state index is 0.144. The van der Waals surface area contributed by atoms with Gasteiger partial charge in [-0.05, 0) is 61.7 Å². The quantitative estimate of drug-likeness (QED) is 0.702. The number of rotatable bonds is 7. The summed E-state index contributed by atoms with van der Waals surface area (Å²) in [6.07, 6.45) is 4.32. The van der Waals surface area contributed by atoms with Crippen LogP contribution >= 0.6 is 11.8 Å². The summed E-state index contributed by atoms with van der Waals surface area (Å²) in [5.41, 5.74) is 1.98. The smallest absolute Gasteiger partial charge is 0.319 e. The fraction of sp³-hybridized carbons (Fsp3) is 0.429. The third-order valence-corrected chi connectivity index (χ3v) is 5.81. The lowest BCUT2D eigenvalue weighted by Gasteiger charge is -2.30. The third kappa shape index (κ3) is 6.88. The SMILES string of the molecule is CC1CCN(CCNC(=O)Nc2cccc(CSc3ccccn3)c2)CC1. The van der Waals surface area contributed by atoms with Gasteiger partial charge in [0.05, 0.1) is 5.03 Å². The van der Waals surface area contributed by atoms with Crippen molar-refractivity contribution in [1.29, 1.82) is 0 Å². The molecule has 0 bridgehead atoms. The molecule has 3 rings (SSSR count). The predicted octanol–water partition coefficient (Wildman–Crippen LogP) is 4.23. The molecule has 1 saturated heterocycles. The van der Waals surface area contributed by atoms with Crippen LogP contribution in [-0.4, -0.2) is 42.1 Å². The van der Waals surface area contributed by atoms with E-state index in [1.54, 1.807) is 18.0 Å². The summed E-state index contributed by atoms with van der Waals surface area (Å²) in [4.78, 5) is 18.9. The normalized spacial score (nSPS) is 15.4. The van der Waals surface area contributed by atoms with E-state index in [0.29, 0.717) is 6.54 Å². The summed E-state index contributed by atoms with van der Waals surface area (Å²) in [6, 6.07) is 13.7. The van der Waals surface area contributed by atoms with Gasteiger partial charge in [0.25, 0.3) is 0 Å². The molecule has 6 heteroatoms. The van der Waals surface area contributed by atoms with Gasteiger partial charge in [-0.15, -0.1) is 11.8 Å². The van der Waals surface area contributed by atoms with Crippen molar-refractivity contribution in [2.75, 3.05) is 31.5 Å². The Morgan fingerprint density at radius 3 is 2.85 bits per heavy atom. The molecule has 2 N–H and O–H groups in total. The van der Waals surface area contributed by atoms with E-state index in [1.165, 1.54) is 12.8 Å². The lowest BCUT2D eigenvalue weighted by atomic mass is 9.99. The van der Waals surface area contributed by atoms with E-state index in [9.17, 15) is 4.79 Å². The third-order valence-electron chi connectivity index (χ3n) is 4.80. The number of piperidine rings is 1. The summed E-state index contributed by atoms with van der Waals surface area (Å²) in [5.74, 6) is 1.65. The second kappa shape index (κ2) is 10.3.